The number of aryl methyl sites for hydroxylation is 1. The zero-order valence-corrected chi connectivity index (χ0v) is 28.0. The van der Waals surface area contributed by atoms with Crippen molar-refractivity contribution in [1.82, 2.24) is 24.6 Å². The molecule has 6 rings (SSSR count). The molecular formula is C34H41F4N7O3. The summed E-state index contributed by atoms with van der Waals surface area (Å²) < 4.78 is 66.0. The summed E-state index contributed by atoms with van der Waals surface area (Å²) >= 11 is 0. The fraction of sp³-hybridized carbons (Fsp3) is 0.559. The van der Waals surface area contributed by atoms with Crippen LogP contribution in [0.1, 0.15) is 105 Å². The summed E-state index contributed by atoms with van der Waals surface area (Å²) in [5, 5.41) is 11.4. The highest BCUT2D eigenvalue weighted by atomic mass is 19.4. The van der Waals surface area contributed by atoms with Crippen molar-refractivity contribution in [1.29, 1.82) is 0 Å². The van der Waals surface area contributed by atoms with Gasteiger partial charge in [0.2, 0.25) is 0 Å². The van der Waals surface area contributed by atoms with Crippen molar-refractivity contribution < 1.29 is 31.9 Å². The first-order chi connectivity index (χ1) is 22.4. The van der Waals surface area contributed by atoms with Gasteiger partial charge in [-0.1, -0.05) is 0 Å². The van der Waals surface area contributed by atoms with E-state index in [9.17, 15) is 27.2 Å². The molecular weight excluding hydrogens is 630 g/mol. The third-order valence-corrected chi connectivity index (χ3v) is 9.80. The summed E-state index contributed by atoms with van der Waals surface area (Å²) in [6, 6.07) is 5.85. The number of carbonyl (C=O) groups excluding carboxylic acids is 2. The number of fused-ring (bicyclic) bond motifs is 1. The molecule has 10 nitrogen and oxygen atoms in total. The van der Waals surface area contributed by atoms with Gasteiger partial charge in [0.1, 0.15) is 35.6 Å². The number of carbonyl (C=O) groups is 2. The van der Waals surface area contributed by atoms with E-state index in [2.05, 4.69) is 20.5 Å². The van der Waals surface area contributed by atoms with Gasteiger partial charge in [0.15, 0.2) is 0 Å². The molecule has 258 valence electrons. The number of alkyl halides is 4. The first-order valence-corrected chi connectivity index (χ1v) is 16.2. The summed E-state index contributed by atoms with van der Waals surface area (Å²) in [6.45, 7) is 8.99. The van der Waals surface area contributed by atoms with Crippen molar-refractivity contribution >= 4 is 23.6 Å². The van der Waals surface area contributed by atoms with Crippen LogP contribution >= 0.6 is 0 Å². The van der Waals surface area contributed by atoms with Crippen LogP contribution in [0.2, 0.25) is 0 Å². The van der Waals surface area contributed by atoms with Crippen LogP contribution in [0.3, 0.4) is 0 Å². The molecule has 48 heavy (non-hydrogen) atoms. The Balaban J connectivity index is 1.38. The lowest BCUT2D eigenvalue weighted by molar-refractivity contribution is -0.138. The highest BCUT2D eigenvalue weighted by Gasteiger charge is 2.51. The van der Waals surface area contributed by atoms with Crippen molar-refractivity contribution in [2.45, 2.75) is 109 Å². The molecule has 3 heterocycles. The molecule has 0 unspecified atom stereocenters. The maximum absolute atomic E-state index is 14.6. The van der Waals surface area contributed by atoms with E-state index >= 15 is 0 Å². The van der Waals surface area contributed by atoms with Gasteiger partial charge in [-0.05, 0) is 108 Å². The van der Waals surface area contributed by atoms with Crippen molar-refractivity contribution in [2.75, 3.05) is 16.8 Å². The van der Waals surface area contributed by atoms with Gasteiger partial charge in [-0.3, -0.25) is 14.6 Å². The van der Waals surface area contributed by atoms with Crippen LogP contribution in [0.15, 0.2) is 30.6 Å². The Morgan fingerprint density at radius 1 is 1.15 bits per heavy atom. The number of benzene rings is 1. The maximum atomic E-state index is 14.6. The minimum absolute atomic E-state index is 0.110. The van der Waals surface area contributed by atoms with E-state index in [1.807, 2.05) is 13.8 Å². The molecule has 1 aliphatic heterocycles. The summed E-state index contributed by atoms with van der Waals surface area (Å²) in [7, 11) is 1.76. The van der Waals surface area contributed by atoms with E-state index in [1.54, 1.807) is 44.5 Å². The minimum Gasteiger partial charge on any atom is -0.443 e. The Hall–Kier alpha value is -4.23. The van der Waals surface area contributed by atoms with Crippen LogP contribution in [0.25, 0.3) is 0 Å². The quantitative estimate of drug-likeness (QED) is 0.259. The van der Waals surface area contributed by atoms with Gasteiger partial charge in [-0.25, -0.2) is 14.2 Å². The Morgan fingerprint density at radius 2 is 1.85 bits per heavy atom. The number of nitrogens with one attached hydrogen (secondary N) is 1. The van der Waals surface area contributed by atoms with Crippen molar-refractivity contribution in [3.8, 4) is 0 Å². The Morgan fingerprint density at radius 3 is 2.40 bits per heavy atom. The van der Waals surface area contributed by atoms with Crippen LogP contribution in [0.4, 0.5) is 34.0 Å². The molecule has 0 atom stereocenters. The fourth-order valence-corrected chi connectivity index (χ4v) is 6.96. The lowest BCUT2D eigenvalue weighted by atomic mass is 9.62. The van der Waals surface area contributed by atoms with Gasteiger partial charge < -0.3 is 14.6 Å². The number of pyridine rings is 1. The molecule has 0 bridgehead atoms. The molecule has 3 aromatic rings. The monoisotopic (exact) mass is 671 g/mol. The number of hydrogen-bond donors (Lipinski definition) is 1. The first kappa shape index (κ1) is 33.7. The Labute approximate surface area is 276 Å². The average Bonchev–Trinajstić information content (AvgIpc) is 3.54. The van der Waals surface area contributed by atoms with Crippen LogP contribution in [-0.4, -0.2) is 60.5 Å². The van der Waals surface area contributed by atoms with E-state index in [-0.39, 0.29) is 48.4 Å². The van der Waals surface area contributed by atoms with Crippen molar-refractivity contribution in [3.63, 3.8) is 0 Å². The number of hydrogen-bond acceptors (Lipinski definition) is 7. The maximum Gasteiger partial charge on any atom is 0.416 e. The molecule has 2 aliphatic carbocycles. The second-order valence-electron chi connectivity index (χ2n) is 14.5. The topological polar surface area (TPSA) is 105 Å². The summed E-state index contributed by atoms with van der Waals surface area (Å²) in [6.07, 6.45) is -2.30. The van der Waals surface area contributed by atoms with Gasteiger partial charge in [-0.15, -0.1) is 10.2 Å². The lowest BCUT2D eigenvalue weighted by Gasteiger charge is -2.43. The second kappa shape index (κ2) is 11.7. The van der Waals surface area contributed by atoms with Gasteiger partial charge in [0.25, 0.3) is 5.91 Å². The highest BCUT2D eigenvalue weighted by molar-refractivity contribution is 6.10. The molecule has 2 fully saturated rings. The molecule has 2 saturated carbocycles. The predicted molar refractivity (Wildman–Crippen MR) is 170 cm³/mol. The number of halogens is 4. The van der Waals surface area contributed by atoms with Crippen LogP contribution in [0.5, 0.6) is 0 Å². The summed E-state index contributed by atoms with van der Waals surface area (Å²) in [5.41, 5.74) is -2.68. The van der Waals surface area contributed by atoms with Crippen molar-refractivity contribution in [3.05, 3.63) is 64.2 Å². The smallest absolute Gasteiger partial charge is 0.416 e. The van der Waals surface area contributed by atoms with E-state index < -0.39 is 46.5 Å². The molecule has 1 aromatic carbocycles. The molecule has 2 aromatic heterocycles. The van der Waals surface area contributed by atoms with E-state index in [4.69, 9.17) is 4.74 Å². The molecule has 0 radical (unpaired) electrons. The first-order valence-electron chi connectivity index (χ1n) is 16.2. The molecule has 3 aliphatic rings. The number of ether oxygens (including phenoxy) is 1. The minimum atomic E-state index is -4.77. The van der Waals surface area contributed by atoms with E-state index in [1.165, 1.54) is 22.2 Å². The molecule has 2 amide bonds. The predicted octanol–water partition coefficient (Wildman–Crippen LogP) is 6.92. The SMILES string of the molecule is CCNc1cc(C2(c3nncn3C)CC(F)C2)cc(N2Cc3c(cc(CN(C(=O)OC4(C)CCC4)C(C)(C)C)cc3C(F)(F)F)C2=O)n1. The van der Waals surface area contributed by atoms with E-state index in [0.717, 1.165) is 25.3 Å². The normalized spacial score (nSPS) is 21.8. The fourth-order valence-electron chi connectivity index (χ4n) is 6.96. The van der Waals surface area contributed by atoms with Gasteiger partial charge in [0, 0.05) is 31.2 Å². The van der Waals surface area contributed by atoms with Crippen LogP contribution in [0, 0.1) is 0 Å². The molecule has 0 saturated heterocycles. The summed E-state index contributed by atoms with van der Waals surface area (Å²) in [5.74, 6) is 0.427. The lowest BCUT2D eigenvalue weighted by Crippen LogP contribution is -2.49. The van der Waals surface area contributed by atoms with Gasteiger partial charge in [0.05, 0.1) is 17.5 Å². The third kappa shape index (κ3) is 5.98. The van der Waals surface area contributed by atoms with Crippen LogP contribution in [-0.2, 0) is 36.5 Å². The van der Waals surface area contributed by atoms with Gasteiger partial charge >= 0.3 is 12.3 Å². The van der Waals surface area contributed by atoms with Crippen LogP contribution < -0.4 is 10.2 Å². The number of anilines is 2. The largest absolute Gasteiger partial charge is 0.443 e. The zero-order valence-electron chi connectivity index (χ0n) is 28.0. The Kier molecular flexibility index (Phi) is 8.22. The number of aromatic nitrogens is 4. The summed E-state index contributed by atoms with van der Waals surface area (Å²) in [4.78, 5) is 34.6. The number of nitrogens with zero attached hydrogens (tertiary/aromatic N) is 6. The highest BCUT2D eigenvalue weighted by Crippen LogP contribution is 2.51. The molecule has 1 N–H and O–H groups in total. The number of rotatable bonds is 8. The molecule has 14 heteroatoms. The zero-order chi connectivity index (χ0) is 34.8. The van der Waals surface area contributed by atoms with E-state index in [0.29, 0.717) is 23.8 Å². The standard InChI is InChI=1S/C34H41F4N7O3/c1-7-39-26-13-21(33(15-22(35)16-33)29-42-40-19-43(29)6)14-27(41-26)44-18-24-23(28(44)46)11-20(12-25(24)34(36,37)38)17-45(31(2,3)4)30(47)48-32(5)9-8-10-32/h11-14,19,22H,7-10,15-18H2,1-6H3,(H,39,41). The van der Waals surface area contributed by atoms with Crippen molar-refractivity contribution in [2.24, 2.45) is 7.05 Å². The van der Waals surface area contributed by atoms with Gasteiger partial charge in [-0.2, -0.15) is 13.2 Å². The third-order valence-electron chi connectivity index (χ3n) is 9.80. The molecule has 0 spiro atoms. The Bertz CT molecular complexity index is 1740. The average molecular weight is 672 g/mol. The number of amides is 2. The second-order valence-corrected chi connectivity index (χ2v) is 14.5.